The molecular formula is C15H17N3O. The average Bonchev–Trinajstić information content (AvgIpc) is 2.90. The first-order valence-electron chi connectivity index (χ1n) is 6.62. The number of nitrogens with one attached hydrogen (secondary N) is 2. The minimum absolute atomic E-state index is 0.00426. The van der Waals surface area contributed by atoms with Crippen molar-refractivity contribution in [1.29, 1.82) is 0 Å². The summed E-state index contributed by atoms with van der Waals surface area (Å²) in [5.74, 6) is -0.00426. The van der Waals surface area contributed by atoms with Gasteiger partial charge < -0.3 is 10.6 Å². The van der Waals surface area contributed by atoms with Crippen LogP contribution in [0.3, 0.4) is 0 Å². The first-order chi connectivity index (χ1) is 9.24. The van der Waals surface area contributed by atoms with Crippen LogP contribution in [0, 0.1) is 6.92 Å². The number of amides is 1. The third-order valence-corrected chi connectivity index (χ3v) is 3.48. The van der Waals surface area contributed by atoms with E-state index >= 15 is 0 Å². The molecule has 2 heterocycles. The predicted octanol–water partition coefficient (Wildman–Crippen LogP) is 1.63. The number of carbonyl (C=O) groups is 1. The molecule has 0 saturated carbocycles. The van der Waals surface area contributed by atoms with Gasteiger partial charge in [-0.1, -0.05) is 18.2 Å². The topological polar surface area (TPSA) is 54.0 Å². The highest BCUT2D eigenvalue weighted by atomic mass is 16.1. The third kappa shape index (κ3) is 2.44. The quantitative estimate of drug-likeness (QED) is 0.857. The minimum Gasteiger partial charge on any atom is -0.348 e. The maximum atomic E-state index is 12.4. The zero-order chi connectivity index (χ0) is 13.2. The van der Waals surface area contributed by atoms with Crippen LogP contribution in [0.1, 0.15) is 22.5 Å². The van der Waals surface area contributed by atoms with Gasteiger partial charge in [-0.3, -0.25) is 9.78 Å². The average molecular weight is 255 g/mol. The van der Waals surface area contributed by atoms with Crippen LogP contribution in [0.25, 0.3) is 10.9 Å². The Morgan fingerprint density at radius 1 is 1.42 bits per heavy atom. The number of aromatic nitrogens is 1. The van der Waals surface area contributed by atoms with Crippen LogP contribution in [-0.2, 0) is 0 Å². The number of benzene rings is 1. The standard InChI is InChI=1S/C15H17N3O/c1-10-8-13(12-4-2-3-5-14(12)17-10)15(19)18-11-6-7-16-9-11/h2-5,8,11,16H,6-7,9H2,1H3,(H,18,19). The fourth-order valence-electron chi connectivity index (χ4n) is 2.54. The van der Waals surface area contributed by atoms with Crippen LogP contribution in [-0.4, -0.2) is 30.0 Å². The lowest BCUT2D eigenvalue weighted by Gasteiger charge is -2.13. The van der Waals surface area contributed by atoms with Gasteiger partial charge in [0.2, 0.25) is 0 Å². The van der Waals surface area contributed by atoms with Crippen molar-refractivity contribution in [1.82, 2.24) is 15.6 Å². The molecule has 1 aromatic heterocycles. The Labute approximate surface area is 112 Å². The number of aryl methyl sites for hydroxylation is 1. The second-order valence-corrected chi connectivity index (χ2v) is 4.99. The Balaban J connectivity index is 1.96. The molecule has 1 aliphatic heterocycles. The van der Waals surface area contributed by atoms with Crippen LogP contribution in [0.5, 0.6) is 0 Å². The summed E-state index contributed by atoms with van der Waals surface area (Å²) in [5, 5.41) is 7.25. The molecule has 2 aromatic rings. The highest BCUT2D eigenvalue weighted by Gasteiger charge is 2.19. The number of pyridine rings is 1. The van der Waals surface area contributed by atoms with Crippen LogP contribution in [0.4, 0.5) is 0 Å². The lowest BCUT2D eigenvalue weighted by Crippen LogP contribution is -2.36. The molecule has 1 unspecified atom stereocenters. The van der Waals surface area contributed by atoms with Gasteiger partial charge in [0.05, 0.1) is 11.1 Å². The molecular weight excluding hydrogens is 238 g/mol. The first-order valence-corrected chi connectivity index (χ1v) is 6.62. The van der Waals surface area contributed by atoms with E-state index in [1.54, 1.807) is 0 Å². The van der Waals surface area contributed by atoms with Gasteiger partial charge in [-0.2, -0.15) is 0 Å². The zero-order valence-corrected chi connectivity index (χ0v) is 10.9. The van der Waals surface area contributed by atoms with Gasteiger partial charge in [0.1, 0.15) is 0 Å². The maximum Gasteiger partial charge on any atom is 0.252 e. The normalized spacial score (nSPS) is 18.7. The van der Waals surface area contributed by atoms with E-state index in [1.165, 1.54) is 0 Å². The fraction of sp³-hybridized carbons (Fsp3) is 0.333. The molecule has 1 atom stereocenters. The van der Waals surface area contributed by atoms with Crippen molar-refractivity contribution in [3.63, 3.8) is 0 Å². The largest absolute Gasteiger partial charge is 0.348 e. The van der Waals surface area contributed by atoms with Crippen molar-refractivity contribution < 1.29 is 4.79 Å². The van der Waals surface area contributed by atoms with E-state index in [4.69, 9.17) is 0 Å². The molecule has 1 amide bonds. The summed E-state index contributed by atoms with van der Waals surface area (Å²) in [7, 11) is 0. The number of rotatable bonds is 2. The van der Waals surface area contributed by atoms with E-state index in [-0.39, 0.29) is 11.9 Å². The summed E-state index contributed by atoms with van der Waals surface area (Å²) >= 11 is 0. The van der Waals surface area contributed by atoms with E-state index in [0.717, 1.165) is 41.7 Å². The summed E-state index contributed by atoms with van der Waals surface area (Å²) < 4.78 is 0. The summed E-state index contributed by atoms with van der Waals surface area (Å²) in [4.78, 5) is 16.9. The van der Waals surface area contributed by atoms with Crippen molar-refractivity contribution >= 4 is 16.8 Å². The molecule has 1 aromatic carbocycles. The molecule has 1 saturated heterocycles. The Morgan fingerprint density at radius 3 is 3.05 bits per heavy atom. The zero-order valence-electron chi connectivity index (χ0n) is 10.9. The van der Waals surface area contributed by atoms with E-state index in [9.17, 15) is 4.79 Å². The Hall–Kier alpha value is -1.94. The van der Waals surface area contributed by atoms with Crippen LogP contribution >= 0.6 is 0 Å². The van der Waals surface area contributed by atoms with Crippen LogP contribution in [0.2, 0.25) is 0 Å². The van der Waals surface area contributed by atoms with E-state index in [2.05, 4.69) is 15.6 Å². The second-order valence-electron chi connectivity index (χ2n) is 4.99. The van der Waals surface area contributed by atoms with E-state index < -0.39 is 0 Å². The molecule has 0 bridgehead atoms. The molecule has 0 radical (unpaired) electrons. The third-order valence-electron chi connectivity index (χ3n) is 3.48. The summed E-state index contributed by atoms with van der Waals surface area (Å²) in [6.45, 7) is 3.75. The van der Waals surface area contributed by atoms with E-state index in [0.29, 0.717) is 0 Å². The van der Waals surface area contributed by atoms with Gasteiger partial charge in [-0.05, 0) is 32.0 Å². The van der Waals surface area contributed by atoms with Crippen LogP contribution in [0.15, 0.2) is 30.3 Å². The Morgan fingerprint density at radius 2 is 2.26 bits per heavy atom. The van der Waals surface area contributed by atoms with Crippen LogP contribution < -0.4 is 10.6 Å². The van der Waals surface area contributed by atoms with Gasteiger partial charge in [0, 0.05) is 23.7 Å². The molecule has 2 N–H and O–H groups in total. The maximum absolute atomic E-state index is 12.4. The monoisotopic (exact) mass is 255 g/mol. The summed E-state index contributed by atoms with van der Waals surface area (Å²) in [6, 6.07) is 9.87. The predicted molar refractivity (Wildman–Crippen MR) is 75.2 cm³/mol. The number of para-hydroxylation sites is 1. The SMILES string of the molecule is Cc1cc(C(=O)NC2CCNC2)c2ccccc2n1. The molecule has 19 heavy (non-hydrogen) atoms. The number of carbonyl (C=O) groups excluding carboxylic acids is 1. The van der Waals surface area contributed by atoms with Crippen molar-refractivity contribution in [2.45, 2.75) is 19.4 Å². The molecule has 0 aliphatic carbocycles. The van der Waals surface area contributed by atoms with Gasteiger partial charge in [-0.15, -0.1) is 0 Å². The van der Waals surface area contributed by atoms with Crippen molar-refractivity contribution in [2.75, 3.05) is 13.1 Å². The van der Waals surface area contributed by atoms with Gasteiger partial charge in [-0.25, -0.2) is 0 Å². The summed E-state index contributed by atoms with van der Waals surface area (Å²) in [5.41, 5.74) is 2.46. The Bertz CT molecular complexity index is 618. The Kier molecular flexibility index (Phi) is 3.17. The van der Waals surface area contributed by atoms with Gasteiger partial charge in [0.25, 0.3) is 5.91 Å². The van der Waals surface area contributed by atoms with Crippen molar-refractivity contribution in [2.24, 2.45) is 0 Å². The van der Waals surface area contributed by atoms with Crippen molar-refractivity contribution in [3.8, 4) is 0 Å². The molecule has 3 rings (SSSR count). The highest BCUT2D eigenvalue weighted by Crippen LogP contribution is 2.18. The number of nitrogens with zero attached hydrogens (tertiary/aromatic N) is 1. The van der Waals surface area contributed by atoms with E-state index in [1.807, 2.05) is 37.3 Å². The molecule has 98 valence electrons. The molecule has 4 nitrogen and oxygen atoms in total. The minimum atomic E-state index is -0.00426. The first kappa shape index (κ1) is 12.1. The lowest BCUT2D eigenvalue weighted by atomic mass is 10.1. The summed E-state index contributed by atoms with van der Waals surface area (Å²) in [6.07, 6.45) is 0.994. The number of hydrogen-bond acceptors (Lipinski definition) is 3. The second kappa shape index (κ2) is 4.97. The highest BCUT2D eigenvalue weighted by molar-refractivity contribution is 6.06. The fourth-order valence-corrected chi connectivity index (χ4v) is 2.54. The lowest BCUT2D eigenvalue weighted by molar-refractivity contribution is 0.0941. The molecule has 4 heteroatoms. The van der Waals surface area contributed by atoms with Crippen molar-refractivity contribution in [3.05, 3.63) is 41.6 Å². The smallest absolute Gasteiger partial charge is 0.252 e. The molecule has 1 aliphatic rings. The van der Waals surface area contributed by atoms with Gasteiger partial charge >= 0.3 is 0 Å². The number of hydrogen-bond donors (Lipinski definition) is 2. The van der Waals surface area contributed by atoms with Gasteiger partial charge in [0.15, 0.2) is 0 Å². The molecule has 1 fully saturated rings. The molecule has 0 spiro atoms. The number of fused-ring (bicyclic) bond motifs is 1.